The SMILES string of the molecule is N#CC1(NC(=O)c2nc(-c3cccc(C(F)(F)F)c3)cs2)CC1. The smallest absolute Gasteiger partial charge is 0.332 e. The summed E-state index contributed by atoms with van der Waals surface area (Å²) in [4.78, 5) is 16.1. The Labute approximate surface area is 133 Å². The number of nitrogens with zero attached hydrogens (tertiary/aromatic N) is 2. The van der Waals surface area contributed by atoms with Gasteiger partial charge in [-0.1, -0.05) is 12.1 Å². The Bertz CT molecular complexity index is 803. The fourth-order valence-corrected chi connectivity index (χ4v) is 2.75. The van der Waals surface area contributed by atoms with Gasteiger partial charge in [-0.25, -0.2) is 4.98 Å². The number of carbonyl (C=O) groups is 1. The van der Waals surface area contributed by atoms with Crippen LogP contribution in [0.15, 0.2) is 29.6 Å². The van der Waals surface area contributed by atoms with E-state index in [1.165, 1.54) is 17.5 Å². The standard InChI is InChI=1S/C15H10F3N3OS/c16-15(17,18)10-3-1-2-9(6-10)11-7-23-13(20-11)12(22)21-14(8-19)4-5-14/h1-3,6-7H,4-5H2,(H,21,22). The van der Waals surface area contributed by atoms with Crippen molar-refractivity contribution in [2.45, 2.75) is 24.6 Å². The fraction of sp³-hybridized carbons (Fsp3) is 0.267. The van der Waals surface area contributed by atoms with Crippen LogP contribution in [-0.4, -0.2) is 16.4 Å². The molecule has 8 heteroatoms. The number of hydrogen-bond acceptors (Lipinski definition) is 4. The molecule has 0 spiro atoms. The van der Waals surface area contributed by atoms with Gasteiger partial charge in [0.25, 0.3) is 5.91 Å². The van der Waals surface area contributed by atoms with Crippen LogP contribution < -0.4 is 5.32 Å². The van der Waals surface area contributed by atoms with Crippen molar-refractivity contribution in [3.05, 3.63) is 40.2 Å². The van der Waals surface area contributed by atoms with Crippen LogP contribution in [0.25, 0.3) is 11.3 Å². The number of thiazole rings is 1. The van der Waals surface area contributed by atoms with Gasteiger partial charge >= 0.3 is 6.18 Å². The molecule has 2 aromatic rings. The molecule has 0 radical (unpaired) electrons. The minimum atomic E-state index is -4.43. The number of benzene rings is 1. The second-order valence-electron chi connectivity index (χ2n) is 5.26. The molecule has 1 N–H and O–H groups in total. The molecule has 118 valence electrons. The number of alkyl halides is 3. The van der Waals surface area contributed by atoms with Gasteiger partial charge in [0, 0.05) is 10.9 Å². The molecule has 1 aromatic carbocycles. The van der Waals surface area contributed by atoms with Crippen molar-refractivity contribution >= 4 is 17.2 Å². The topological polar surface area (TPSA) is 65.8 Å². The third-order valence-electron chi connectivity index (χ3n) is 3.50. The van der Waals surface area contributed by atoms with Crippen LogP contribution in [0.3, 0.4) is 0 Å². The second-order valence-corrected chi connectivity index (χ2v) is 6.12. The van der Waals surface area contributed by atoms with Crippen molar-refractivity contribution in [3.63, 3.8) is 0 Å². The van der Waals surface area contributed by atoms with Crippen molar-refractivity contribution < 1.29 is 18.0 Å². The third kappa shape index (κ3) is 3.19. The first-order valence-corrected chi connectivity index (χ1v) is 7.58. The lowest BCUT2D eigenvalue weighted by atomic mass is 10.1. The molecule has 1 heterocycles. The van der Waals surface area contributed by atoms with Crippen molar-refractivity contribution in [3.8, 4) is 17.3 Å². The van der Waals surface area contributed by atoms with Gasteiger partial charge in [-0.05, 0) is 25.0 Å². The number of aromatic nitrogens is 1. The maximum absolute atomic E-state index is 12.7. The van der Waals surface area contributed by atoms with Gasteiger partial charge in [0.05, 0.1) is 17.3 Å². The van der Waals surface area contributed by atoms with E-state index in [4.69, 9.17) is 5.26 Å². The van der Waals surface area contributed by atoms with E-state index >= 15 is 0 Å². The van der Waals surface area contributed by atoms with Crippen LogP contribution in [0.1, 0.15) is 28.2 Å². The van der Waals surface area contributed by atoms with Crippen molar-refractivity contribution in [1.29, 1.82) is 5.26 Å². The number of rotatable bonds is 3. The van der Waals surface area contributed by atoms with E-state index in [0.717, 1.165) is 23.5 Å². The van der Waals surface area contributed by atoms with Crippen molar-refractivity contribution in [2.24, 2.45) is 0 Å². The Kier molecular flexibility index (Phi) is 3.60. The molecule has 1 aliphatic rings. The lowest BCUT2D eigenvalue weighted by molar-refractivity contribution is -0.137. The van der Waals surface area contributed by atoms with Crippen LogP contribution in [0.4, 0.5) is 13.2 Å². The van der Waals surface area contributed by atoms with Crippen LogP contribution in [-0.2, 0) is 6.18 Å². The summed E-state index contributed by atoms with van der Waals surface area (Å²) in [6.07, 6.45) is -3.24. The lowest BCUT2D eigenvalue weighted by Gasteiger charge is -2.07. The minimum absolute atomic E-state index is 0.124. The van der Waals surface area contributed by atoms with Crippen molar-refractivity contribution in [2.75, 3.05) is 0 Å². The Morgan fingerprint density at radius 2 is 2.13 bits per heavy atom. The van der Waals surface area contributed by atoms with Gasteiger partial charge < -0.3 is 5.32 Å². The molecule has 1 aromatic heterocycles. The first-order valence-electron chi connectivity index (χ1n) is 6.70. The number of nitrogens with one attached hydrogen (secondary N) is 1. The predicted octanol–water partition coefficient (Wildman–Crippen LogP) is 3.61. The molecule has 1 fully saturated rings. The van der Waals surface area contributed by atoms with Crippen molar-refractivity contribution in [1.82, 2.24) is 10.3 Å². The van der Waals surface area contributed by atoms with Crippen LogP contribution in [0.5, 0.6) is 0 Å². The average Bonchev–Trinajstić information content (AvgIpc) is 3.11. The van der Waals surface area contributed by atoms with Crippen LogP contribution in [0, 0.1) is 11.3 Å². The largest absolute Gasteiger partial charge is 0.416 e. The zero-order valence-corrected chi connectivity index (χ0v) is 12.5. The molecule has 0 bridgehead atoms. The second kappa shape index (κ2) is 5.35. The fourth-order valence-electron chi connectivity index (χ4n) is 2.03. The number of amides is 1. The van der Waals surface area contributed by atoms with Gasteiger partial charge in [-0.15, -0.1) is 11.3 Å². The van der Waals surface area contributed by atoms with E-state index in [9.17, 15) is 18.0 Å². The van der Waals surface area contributed by atoms with Gasteiger partial charge in [-0.3, -0.25) is 4.79 Å². The molecular formula is C15H10F3N3OS. The van der Waals surface area contributed by atoms with E-state index in [0.29, 0.717) is 18.5 Å². The molecule has 0 aliphatic heterocycles. The number of nitriles is 1. The van der Waals surface area contributed by atoms with E-state index < -0.39 is 23.2 Å². The molecule has 1 aliphatic carbocycles. The highest BCUT2D eigenvalue weighted by Gasteiger charge is 2.45. The quantitative estimate of drug-likeness (QED) is 0.930. The minimum Gasteiger partial charge on any atom is -0.332 e. The number of carbonyl (C=O) groups excluding carboxylic acids is 1. The van der Waals surface area contributed by atoms with Crippen LogP contribution >= 0.6 is 11.3 Å². The van der Waals surface area contributed by atoms with E-state index in [1.807, 2.05) is 6.07 Å². The zero-order valence-electron chi connectivity index (χ0n) is 11.6. The van der Waals surface area contributed by atoms with E-state index in [-0.39, 0.29) is 10.6 Å². The molecule has 1 saturated carbocycles. The van der Waals surface area contributed by atoms with E-state index in [1.54, 1.807) is 0 Å². The van der Waals surface area contributed by atoms with Gasteiger partial charge in [-0.2, -0.15) is 18.4 Å². The summed E-state index contributed by atoms with van der Waals surface area (Å²) in [6.45, 7) is 0. The van der Waals surface area contributed by atoms with Crippen LogP contribution in [0.2, 0.25) is 0 Å². The average molecular weight is 337 g/mol. The maximum atomic E-state index is 12.7. The summed E-state index contributed by atoms with van der Waals surface area (Å²) < 4.78 is 38.2. The highest BCUT2D eigenvalue weighted by atomic mass is 32.1. The summed E-state index contributed by atoms with van der Waals surface area (Å²) >= 11 is 1.03. The van der Waals surface area contributed by atoms with Gasteiger partial charge in [0.1, 0.15) is 5.54 Å². The zero-order chi connectivity index (χ0) is 16.7. The molecule has 3 rings (SSSR count). The molecule has 0 saturated heterocycles. The maximum Gasteiger partial charge on any atom is 0.416 e. The Morgan fingerprint density at radius 1 is 1.39 bits per heavy atom. The lowest BCUT2D eigenvalue weighted by Crippen LogP contribution is -2.35. The summed E-state index contributed by atoms with van der Waals surface area (Å²) in [5, 5.41) is 13.2. The summed E-state index contributed by atoms with van der Waals surface area (Å²) in [5.41, 5.74) is -0.987. The van der Waals surface area contributed by atoms with Gasteiger partial charge in [0.2, 0.25) is 0 Å². The molecule has 0 atom stereocenters. The van der Waals surface area contributed by atoms with E-state index in [2.05, 4.69) is 10.3 Å². The highest BCUT2D eigenvalue weighted by Crippen LogP contribution is 2.35. The monoisotopic (exact) mass is 337 g/mol. The molecule has 1 amide bonds. The Balaban J connectivity index is 1.82. The Hall–Kier alpha value is -2.40. The number of hydrogen-bond donors (Lipinski definition) is 1. The summed E-state index contributed by atoms with van der Waals surface area (Å²) in [5.74, 6) is -0.479. The molecule has 0 unspecified atom stereocenters. The normalized spacial score (nSPS) is 15.7. The highest BCUT2D eigenvalue weighted by molar-refractivity contribution is 7.12. The molecule has 23 heavy (non-hydrogen) atoms. The van der Waals surface area contributed by atoms with Gasteiger partial charge in [0.15, 0.2) is 5.01 Å². The predicted molar refractivity (Wildman–Crippen MR) is 77.6 cm³/mol. The first-order chi connectivity index (χ1) is 10.8. The summed E-state index contributed by atoms with van der Waals surface area (Å²) in [7, 11) is 0. The first kappa shape index (κ1) is 15.5. The third-order valence-corrected chi connectivity index (χ3v) is 4.34. The Morgan fingerprint density at radius 3 is 2.74 bits per heavy atom. The molecular weight excluding hydrogens is 327 g/mol. The summed E-state index contributed by atoms with van der Waals surface area (Å²) in [6, 6.07) is 6.81. The molecule has 4 nitrogen and oxygen atoms in total. The number of halogens is 3.